The number of aliphatic hydroxyl groups excluding tert-OH is 1. The standard InChI is InChI=1S/C18H12F4N4O3/c1-9(27)16-23-15(13(29-16)10-2-4-12(19)5-3-10)25-8-11-6-7-26(18(20,21)22)14(11)24-17(25)28/h2-9,27H,1H3. The SMILES string of the molecule is CC(O)c1nc(-n2cc3ccn(C(F)(F)F)c3nc2=O)c(-c2ccc(F)cc2)o1. The molecule has 0 aliphatic carbocycles. The molecule has 0 bridgehead atoms. The number of hydrogen-bond acceptors (Lipinski definition) is 5. The first-order chi connectivity index (χ1) is 13.6. The van der Waals surface area contributed by atoms with Gasteiger partial charge in [-0.05, 0) is 37.3 Å². The summed E-state index contributed by atoms with van der Waals surface area (Å²) in [6.45, 7) is 1.39. The van der Waals surface area contributed by atoms with Gasteiger partial charge in [0.1, 0.15) is 11.9 Å². The van der Waals surface area contributed by atoms with Gasteiger partial charge in [0.15, 0.2) is 17.2 Å². The number of aliphatic hydroxyl groups is 1. The molecule has 11 heteroatoms. The van der Waals surface area contributed by atoms with Gasteiger partial charge in [-0.1, -0.05) is 0 Å². The maximum Gasteiger partial charge on any atom is 0.490 e. The summed E-state index contributed by atoms with van der Waals surface area (Å²) in [6.07, 6.45) is -3.96. The van der Waals surface area contributed by atoms with E-state index in [0.717, 1.165) is 35.2 Å². The predicted molar refractivity (Wildman–Crippen MR) is 92.7 cm³/mol. The maximum absolute atomic E-state index is 13.3. The van der Waals surface area contributed by atoms with Crippen LogP contribution >= 0.6 is 0 Å². The zero-order valence-electron chi connectivity index (χ0n) is 14.7. The van der Waals surface area contributed by atoms with Gasteiger partial charge < -0.3 is 9.52 Å². The summed E-state index contributed by atoms with van der Waals surface area (Å²) in [5.74, 6) is -0.690. The van der Waals surface area contributed by atoms with E-state index in [1.165, 1.54) is 19.1 Å². The molecule has 150 valence electrons. The Bertz CT molecular complexity index is 1250. The van der Waals surface area contributed by atoms with Crippen LogP contribution in [0.5, 0.6) is 0 Å². The fourth-order valence-corrected chi connectivity index (χ4v) is 2.81. The normalized spacial score (nSPS) is 13.2. The second-order valence-corrected chi connectivity index (χ2v) is 6.21. The lowest BCUT2D eigenvalue weighted by molar-refractivity contribution is -0.201. The van der Waals surface area contributed by atoms with Crippen LogP contribution in [-0.4, -0.2) is 24.2 Å². The van der Waals surface area contributed by atoms with Gasteiger partial charge in [0.2, 0.25) is 5.89 Å². The number of fused-ring (bicyclic) bond motifs is 1. The molecular weight excluding hydrogens is 396 g/mol. The molecule has 29 heavy (non-hydrogen) atoms. The smallest absolute Gasteiger partial charge is 0.436 e. The Labute approximate surface area is 159 Å². The van der Waals surface area contributed by atoms with Crippen LogP contribution in [0.1, 0.15) is 18.9 Å². The highest BCUT2D eigenvalue weighted by atomic mass is 19.4. The lowest BCUT2D eigenvalue weighted by atomic mass is 10.2. The van der Waals surface area contributed by atoms with Crippen LogP contribution in [0.15, 0.2) is 51.9 Å². The van der Waals surface area contributed by atoms with Crippen molar-refractivity contribution in [3.8, 4) is 17.1 Å². The fraction of sp³-hybridized carbons (Fsp3) is 0.167. The molecule has 0 amide bonds. The van der Waals surface area contributed by atoms with Gasteiger partial charge in [0.05, 0.1) is 0 Å². The molecule has 1 N–H and O–H groups in total. The average Bonchev–Trinajstić information content (AvgIpc) is 3.25. The minimum atomic E-state index is -4.74. The Morgan fingerprint density at radius 2 is 1.83 bits per heavy atom. The number of oxazole rings is 1. The van der Waals surface area contributed by atoms with Crippen LogP contribution in [-0.2, 0) is 6.30 Å². The molecular formula is C18H12F4N4O3. The quantitative estimate of drug-likeness (QED) is 0.525. The van der Waals surface area contributed by atoms with Gasteiger partial charge in [-0.2, -0.15) is 9.97 Å². The molecule has 0 aliphatic rings. The molecule has 0 saturated carbocycles. The van der Waals surface area contributed by atoms with E-state index in [-0.39, 0.29) is 27.4 Å². The highest BCUT2D eigenvalue weighted by molar-refractivity contribution is 5.76. The number of alkyl halides is 3. The van der Waals surface area contributed by atoms with E-state index in [4.69, 9.17) is 4.42 Å². The summed E-state index contributed by atoms with van der Waals surface area (Å²) < 4.78 is 58.8. The van der Waals surface area contributed by atoms with Crippen molar-refractivity contribution in [3.05, 3.63) is 64.9 Å². The first kappa shape index (κ1) is 18.9. The summed E-state index contributed by atoms with van der Waals surface area (Å²) in [7, 11) is 0. The number of aromatic nitrogens is 4. The van der Waals surface area contributed by atoms with Crippen LogP contribution in [0, 0.1) is 5.82 Å². The number of hydrogen-bond donors (Lipinski definition) is 1. The van der Waals surface area contributed by atoms with E-state index < -0.39 is 29.6 Å². The van der Waals surface area contributed by atoms with Crippen molar-refractivity contribution in [2.45, 2.75) is 19.3 Å². The van der Waals surface area contributed by atoms with Crippen LogP contribution < -0.4 is 5.69 Å². The van der Waals surface area contributed by atoms with Gasteiger partial charge in [-0.25, -0.2) is 18.3 Å². The van der Waals surface area contributed by atoms with Crippen molar-refractivity contribution in [2.24, 2.45) is 0 Å². The van der Waals surface area contributed by atoms with Crippen molar-refractivity contribution in [3.63, 3.8) is 0 Å². The largest absolute Gasteiger partial charge is 0.490 e. The Balaban J connectivity index is 1.94. The van der Waals surface area contributed by atoms with Crippen molar-refractivity contribution < 1.29 is 27.1 Å². The van der Waals surface area contributed by atoms with Crippen LogP contribution in [0.25, 0.3) is 28.2 Å². The average molecular weight is 408 g/mol. The molecule has 3 heterocycles. The molecule has 0 spiro atoms. The zero-order chi connectivity index (χ0) is 20.9. The highest BCUT2D eigenvalue weighted by Gasteiger charge is 2.32. The minimum absolute atomic E-state index is 0.0272. The molecule has 1 unspecified atom stereocenters. The van der Waals surface area contributed by atoms with E-state index in [9.17, 15) is 27.5 Å². The van der Waals surface area contributed by atoms with Gasteiger partial charge in [-0.3, -0.25) is 0 Å². The van der Waals surface area contributed by atoms with Crippen LogP contribution in [0.4, 0.5) is 17.6 Å². The first-order valence-electron chi connectivity index (χ1n) is 8.28. The molecule has 4 aromatic rings. The van der Waals surface area contributed by atoms with E-state index in [1.807, 2.05) is 0 Å². The van der Waals surface area contributed by atoms with E-state index in [1.54, 1.807) is 0 Å². The highest BCUT2D eigenvalue weighted by Crippen LogP contribution is 2.31. The lowest BCUT2D eigenvalue weighted by Gasteiger charge is -2.09. The summed E-state index contributed by atoms with van der Waals surface area (Å²) >= 11 is 0. The number of rotatable bonds is 3. The molecule has 4 rings (SSSR count). The van der Waals surface area contributed by atoms with Crippen molar-refractivity contribution in [1.82, 2.24) is 19.1 Å². The fourth-order valence-electron chi connectivity index (χ4n) is 2.81. The Morgan fingerprint density at radius 1 is 1.14 bits per heavy atom. The molecule has 0 saturated heterocycles. The van der Waals surface area contributed by atoms with Crippen LogP contribution in [0.3, 0.4) is 0 Å². The second-order valence-electron chi connectivity index (χ2n) is 6.21. The molecule has 0 aliphatic heterocycles. The molecule has 0 radical (unpaired) electrons. The van der Waals surface area contributed by atoms with Crippen molar-refractivity contribution >= 4 is 11.0 Å². The van der Waals surface area contributed by atoms with E-state index in [0.29, 0.717) is 5.56 Å². The predicted octanol–water partition coefficient (Wildman–Crippen LogP) is 3.51. The lowest BCUT2D eigenvalue weighted by Crippen LogP contribution is -2.24. The molecule has 3 aromatic heterocycles. The third-order valence-corrected chi connectivity index (χ3v) is 4.16. The Hall–Kier alpha value is -3.47. The number of halogens is 4. The van der Waals surface area contributed by atoms with Gasteiger partial charge in [0.25, 0.3) is 0 Å². The zero-order valence-corrected chi connectivity index (χ0v) is 14.7. The van der Waals surface area contributed by atoms with Crippen molar-refractivity contribution in [1.29, 1.82) is 0 Å². The van der Waals surface area contributed by atoms with E-state index >= 15 is 0 Å². The van der Waals surface area contributed by atoms with Gasteiger partial charge >= 0.3 is 12.0 Å². The van der Waals surface area contributed by atoms with Crippen molar-refractivity contribution in [2.75, 3.05) is 0 Å². The van der Waals surface area contributed by atoms with Gasteiger partial charge in [-0.15, -0.1) is 13.2 Å². The molecule has 0 fully saturated rings. The Kier molecular flexibility index (Phi) is 4.26. The molecule has 7 nitrogen and oxygen atoms in total. The number of nitrogens with zero attached hydrogens (tertiary/aromatic N) is 4. The van der Waals surface area contributed by atoms with E-state index in [2.05, 4.69) is 9.97 Å². The molecule has 1 aromatic carbocycles. The third-order valence-electron chi connectivity index (χ3n) is 4.16. The summed E-state index contributed by atoms with van der Waals surface area (Å²) in [4.78, 5) is 20.1. The summed E-state index contributed by atoms with van der Waals surface area (Å²) in [5.41, 5.74) is -1.24. The third kappa shape index (κ3) is 3.29. The van der Waals surface area contributed by atoms with Crippen LogP contribution in [0.2, 0.25) is 0 Å². The topological polar surface area (TPSA) is 86.1 Å². The van der Waals surface area contributed by atoms with Gasteiger partial charge in [0, 0.05) is 23.3 Å². The maximum atomic E-state index is 13.3. The summed E-state index contributed by atoms with van der Waals surface area (Å²) in [6, 6.07) is 6.23. The monoisotopic (exact) mass is 408 g/mol. The Morgan fingerprint density at radius 3 is 2.45 bits per heavy atom. The first-order valence-corrected chi connectivity index (χ1v) is 8.28. The number of benzene rings is 1. The second kappa shape index (κ2) is 6.55. The minimum Gasteiger partial charge on any atom is -0.436 e. The molecule has 1 atom stereocenters. The summed E-state index contributed by atoms with van der Waals surface area (Å²) in [5, 5.41) is 9.82.